The molecule has 2 aromatic carbocycles. The fraction of sp³-hybridized carbons (Fsp3) is 0.500. The monoisotopic (exact) mass is 1050 g/mol. The number of carbonyl (C=O) groups excluding carboxylic acids is 4. The maximum atomic E-state index is 15.0. The van der Waals surface area contributed by atoms with Gasteiger partial charge in [0.15, 0.2) is 9.84 Å². The third-order valence-corrected chi connectivity index (χ3v) is 11.5. The van der Waals surface area contributed by atoms with Gasteiger partial charge in [0.25, 0.3) is 0 Å². The van der Waals surface area contributed by atoms with E-state index >= 15 is 4.39 Å². The van der Waals surface area contributed by atoms with Gasteiger partial charge in [-0.2, -0.15) is 26.3 Å². The second-order valence-electron chi connectivity index (χ2n) is 16.7. The van der Waals surface area contributed by atoms with E-state index in [0.717, 1.165) is 23.8 Å². The van der Waals surface area contributed by atoms with Crippen LogP contribution in [0.5, 0.6) is 0 Å². The van der Waals surface area contributed by atoms with Crippen LogP contribution >= 0.6 is 0 Å². The molecule has 3 atom stereocenters. The Kier molecular flexibility index (Phi) is 25.3. The predicted octanol–water partition coefficient (Wildman–Crippen LogP) is 3.65. The zero-order valence-corrected chi connectivity index (χ0v) is 39.9. The quantitative estimate of drug-likeness (QED) is 0.0528. The number of nitrogens with two attached hydrogens (primary N) is 2. The summed E-state index contributed by atoms with van der Waals surface area (Å²) in [6, 6.07) is 11.6. The lowest BCUT2D eigenvalue weighted by atomic mass is 9.82. The van der Waals surface area contributed by atoms with Crippen molar-refractivity contribution < 1.29 is 87.6 Å². The average Bonchev–Trinajstić information content (AvgIpc) is 3.66. The molecule has 71 heavy (non-hydrogen) atoms. The Bertz CT molecular complexity index is 2320. The Morgan fingerprint density at radius 3 is 1.82 bits per heavy atom. The molecule has 0 aliphatic rings. The van der Waals surface area contributed by atoms with Crippen LogP contribution in [-0.2, 0) is 45.1 Å². The molecule has 0 bridgehead atoms. The number of halogens is 8. The number of nitrogens with one attached hydrogen (secondary N) is 3. The van der Waals surface area contributed by atoms with Gasteiger partial charge in [-0.3, -0.25) is 19.2 Å². The van der Waals surface area contributed by atoms with E-state index in [0.29, 0.717) is 43.6 Å². The van der Waals surface area contributed by atoms with E-state index in [-0.39, 0.29) is 31.6 Å². The summed E-state index contributed by atoms with van der Waals surface area (Å²) in [5.74, 6) is -9.81. The first-order chi connectivity index (χ1) is 32.7. The molecule has 3 rings (SSSR count). The van der Waals surface area contributed by atoms with Gasteiger partial charge in [0.1, 0.15) is 24.3 Å². The van der Waals surface area contributed by atoms with E-state index in [9.17, 15) is 63.4 Å². The molecule has 10 N–H and O–H groups in total. The molecule has 0 fully saturated rings. The van der Waals surface area contributed by atoms with Crippen LogP contribution in [0.1, 0.15) is 70.7 Å². The number of hydrogen-bond acceptors (Lipinski definition) is 11. The second-order valence-corrected chi connectivity index (χ2v) is 19.0. The number of carbonyl (C=O) groups is 6. The summed E-state index contributed by atoms with van der Waals surface area (Å²) in [6.45, 7) is 6.33. The normalized spacial score (nSPS) is 12.9. The van der Waals surface area contributed by atoms with Crippen molar-refractivity contribution in [3.63, 3.8) is 0 Å². The number of sulfone groups is 1. The van der Waals surface area contributed by atoms with Gasteiger partial charge in [0, 0.05) is 56.1 Å². The van der Waals surface area contributed by atoms with Gasteiger partial charge in [0.2, 0.25) is 23.6 Å². The number of hydrogen-bond donors (Lipinski definition) is 8. The largest absolute Gasteiger partial charge is 0.490 e. The van der Waals surface area contributed by atoms with Crippen molar-refractivity contribution in [2.45, 2.75) is 90.4 Å². The lowest BCUT2D eigenvalue weighted by Crippen LogP contribution is -2.48. The predicted molar refractivity (Wildman–Crippen MR) is 241 cm³/mol. The van der Waals surface area contributed by atoms with Gasteiger partial charge < -0.3 is 52.2 Å². The molecule has 27 heteroatoms. The molecule has 0 aliphatic heterocycles. The van der Waals surface area contributed by atoms with E-state index in [4.69, 9.17) is 31.3 Å². The Morgan fingerprint density at radius 1 is 0.803 bits per heavy atom. The van der Waals surface area contributed by atoms with Gasteiger partial charge in [-0.1, -0.05) is 51.1 Å². The summed E-state index contributed by atoms with van der Waals surface area (Å²) in [4.78, 5) is 69.8. The lowest BCUT2D eigenvalue weighted by Gasteiger charge is -2.41. The van der Waals surface area contributed by atoms with E-state index in [1.807, 2.05) is 55.7 Å². The van der Waals surface area contributed by atoms with Crippen LogP contribution in [0.3, 0.4) is 0 Å². The third kappa shape index (κ3) is 23.1. The summed E-state index contributed by atoms with van der Waals surface area (Å²) in [7, 11) is -3.72. The Labute approximate surface area is 404 Å². The van der Waals surface area contributed by atoms with E-state index in [1.54, 1.807) is 12.3 Å². The zero-order chi connectivity index (χ0) is 54.5. The van der Waals surface area contributed by atoms with Crippen molar-refractivity contribution in [1.29, 1.82) is 0 Å². The number of amides is 4. The molecule has 3 aromatic rings. The maximum absolute atomic E-state index is 15.0. The van der Waals surface area contributed by atoms with Crippen molar-refractivity contribution in [2.24, 2.45) is 16.9 Å². The van der Waals surface area contributed by atoms with E-state index in [1.165, 1.54) is 11.8 Å². The standard InChI is InChI=1S/C40H57F2N7O7S.2C2HF3O2/c1-27(51)47-34(12-8-9-16-43)39(54)46-18-21-57(55,56)20-17-45-38(53)33(44)15-19-49(36(52)26-50)37(40(2,3)4)35-22-29(31-23-30(41)13-14-32(31)42)25-48(35)24-28-10-6-5-7-11-28;2*3-2(4,5)1(6)7/h5-7,10-11,13-14,22-23,25,33-34,37,50H,8-9,12,15-21,24,26,43-44H2,1-4H3,(H,45,53)(H,46,54)(H,47,51);2*(H,6,7)/t33?,34-,37?;;/m0../s1. The SMILES string of the molecule is CC(=O)N[C@@H](CCCCN)C(=O)NCCS(=O)(=O)CCNC(=O)C(N)CCN(C(=O)CO)C(c1cc(-c2cc(F)ccc2F)cn1Cc1ccccc1)C(C)(C)C.O=C(O)C(F)(F)F.O=C(O)C(F)(F)F. The number of carboxylic acid groups (broad SMARTS) is 2. The van der Waals surface area contributed by atoms with Crippen molar-refractivity contribution >= 4 is 45.4 Å². The third-order valence-electron chi connectivity index (χ3n) is 9.80. The summed E-state index contributed by atoms with van der Waals surface area (Å²) >= 11 is 0. The number of aliphatic hydroxyl groups excluding tert-OH is 1. The molecule has 398 valence electrons. The summed E-state index contributed by atoms with van der Waals surface area (Å²) in [5.41, 5.74) is 12.9. The first-order valence-electron chi connectivity index (χ1n) is 21.4. The molecule has 0 spiro atoms. The van der Waals surface area contributed by atoms with Crippen LogP contribution in [0.25, 0.3) is 11.1 Å². The van der Waals surface area contributed by atoms with Crippen molar-refractivity contribution in [1.82, 2.24) is 25.4 Å². The van der Waals surface area contributed by atoms with E-state index < -0.39 is 111 Å². The van der Waals surface area contributed by atoms with E-state index in [2.05, 4.69) is 16.0 Å². The van der Waals surface area contributed by atoms with Crippen LogP contribution in [0.2, 0.25) is 0 Å². The molecule has 0 saturated heterocycles. The minimum Gasteiger partial charge on any atom is -0.475 e. The topological polar surface area (TPSA) is 294 Å². The number of carboxylic acids is 2. The molecule has 0 aliphatic carbocycles. The minimum atomic E-state index is -5.08. The summed E-state index contributed by atoms with van der Waals surface area (Å²) in [5, 5.41) is 31.9. The highest BCUT2D eigenvalue weighted by molar-refractivity contribution is 7.91. The molecule has 1 aromatic heterocycles. The molecule has 0 radical (unpaired) electrons. The molecule has 4 amide bonds. The number of nitrogens with zero attached hydrogens (tertiary/aromatic N) is 2. The molecule has 0 saturated carbocycles. The highest BCUT2D eigenvalue weighted by atomic mass is 32.2. The second kappa shape index (κ2) is 28.6. The van der Waals surface area contributed by atoms with Gasteiger partial charge in [-0.25, -0.2) is 26.8 Å². The Balaban J connectivity index is 0.00000156. The van der Waals surface area contributed by atoms with Gasteiger partial charge in [-0.15, -0.1) is 0 Å². The number of aromatic nitrogens is 1. The molecular formula is C44H59F8N7O11S. The zero-order valence-electron chi connectivity index (χ0n) is 39.1. The number of benzene rings is 2. The van der Waals surface area contributed by atoms with Crippen molar-refractivity contribution in [3.05, 3.63) is 83.7 Å². The van der Waals surface area contributed by atoms with Gasteiger partial charge in [0.05, 0.1) is 23.6 Å². The highest BCUT2D eigenvalue weighted by Gasteiger charge is 2.40. The number of alkyl halides is 6. The number of rotatable bonds is 22. The first kappa shape index (κ1) is 62.8. The van der Waals surface area contributed by atoms with Gasteiger partial charge >= 0.3 is 24.3 Å². The summed E-state index contributed by atoms with van der Waals surface area (Å²) in [6.07, 6.45) is -6.92. The number of aliphatic carboxylic acids is 2. The van der Waals surface area contributed by atoms with Crippen LogP contribution in [0.15, 0.2) is 60.8 Å². The maximum Gasteiger partial charge on any atom is 0.490 e. The van der Waals surface area contributed by atoms with Crippen molar-refractivity contribution in [2.75, 3.05) is 44.3 Å². The molecular weight excluding hydrogens is 987 g/mol. The first-order valence-corrected chi connectivity index (χ1v) is 23.3. The highest BCUT2D eigenvalue weighted by Crippen LogP contribution is 2.41. The Hall–Kier alpha value is -6.19. The fourth-order valence-electron chi connectivity index (χ4n) is 6.53. The van der Waals surface area contributed by atoms with Crippen LogP contribution in [0.4, 0.5) is 35.1 Å². The minimum absolute atomic E-state index is 0.0332. The van der Waals surface area contributed by atoms with Gasteiger partial charge in [-0.05, 0) is 67.5 Å². The van der Waals surface area contributed by atoms with Crippen LogP contribution in [-0.4, -0.2) is 137 Å². The number of unbranched alkanes of at least 4 members (excludes halogenated alkanes) is 1. The Morgan fingerprint density at radius 2 is 1.34 bits per heavy atom. The smallest absolute Gasteiger partial charge is 0.475 e. The number of aliphatic hydroxyl groups is 1. The molecule has 1 heterocycles. The summed E-state index contributed by atoms with van der Waals surface area (Å²) < 4.78 is 120. The molecule has 18 nitrogen and oxygen atoms in total. The van der Waals surface area contributed by atoms with Crippen LogP contribution < -0.4 is 27.4 Å². The average molecular weight is 1050 g/mol. The van der Waals surface area contributed by atoms with Crippen LogP contribution in [0, 0.1) is 17.0 Å². The fourth-order valence-corrected chi connectivity index (χ4v) is 7.56. The lowest BCUT2D eigenvalue weighted by molar-refractivity contribution is -0.193. The molecule has 2 unspecified atom stereocenters. The van der Waals surface area contributed by atoms with Crippen molar-refractivity contribution in [3.8, 4) is 11.1 Å².